The van der Waals surface area contributed by atoms with E-state index in [1.807, 2.05) is 36.4 Å². The summed E-state index contributed by atoms with van der Waals surface area (Å²) < 4.78 is 30.2. The summed E-state index contributed by atoms with van der Waals surface area (Å²) >= 11 is 0. The number of hydrogen-bond donors (Lipinski definition) is 1. The van der Waals surface area contributed by atoms with E-state index in [0.29, 0.717) is 17.1 Å². The average Bonchev–Trinajstić information content (AvgIpc) is 2.49. The van der Waals surface area contributed by atoms with E-state index in [2.05, 4.69) is 0 Å². The molecule has 1 unspecified atom stereocenters. The van der Waals surface area contributed by atoms with Crippen molar-refractivity contribution in [2.75, 3.05) is 12.4 Å². The minimum atomic E-state index is -3.30. The van der Waals surface area contributed by atoms with E-state index in [4.69, 9.17) is 9.84 Å². The molecule has 5 heteroatoms. The lowest BCUT2D eigenvalue weighted by molar-refractivity contribution is 0.249. The van der Waals surface area contributed by atoms with Gasteiger partial charge in [0.25, 0.3) is 0 Å². The lowest BCUT2D eigenvalue weighted by Crippen LogP contribution is -2.18. The van der Waals surface area contributed by atoms with Crippen LogP contribution in [0.3, 0.4) is 0 Å². The monoisotopic (exact) mass is 320 g/mol. The summed E-state index contributed by atoms with van der Waals surface area (Å²) in [5.41, 5.74) is 0.622. The number of aliphatic hydroxyl groups excluding tert-OH is 1. The summed E-state index contributed by atoms with van der Waals surface area (Å²) in [5.74, 6) is 0.793. The molecule has 1 atom stereocenters. The van der Waals surface area contributed by atoms with Crippen LogP contribution >= 0.6 is 0 Å². The average molecular weight is 320 g/mol. The Labute approximate surface area is 131 Å². The van der Waals surface area contributed by atoms with Crippen molar-refractivity contribution in [3.05, 3.63) is 60.2 Å². The molecular weight excluding hydrogens is 300 g/mol. The van der Waals surface area contributed by atoms with E-state index in [1.165, 1.54) is 0 Å². The van der Waals surface area contributed by atoms with Crippen molar-refractivity contribution in [1.82, 2.24) is 0 Å². The molecule has 0 aromatic heterocycles. The second kappa shape index (κ2) is 7.42. The molecule has 0 fully saturated rings. The topological polar surface area (TPSA) is 63.6 Å². The summed E-state index contributed by atoms with van der Waals surface area (Å²) in [6.07, 6.45) is 0. The van der Waals surface area contributed by atoms with Crippen molar-refractivity contribution >= 4 is 9.84 Å². The third-order valence-electron chi connectivity index (χ3n) is 3.17. The second-order valence-electron chi connectivity index (χ2n) is 5.37. The van der Waals surface area contributed by atoms with Crippen molar-refractivity contribution in [3.63, 3.8) is 0 Å². The number of hydrogen-bond acceptors (Lipinski definition) is 4. The molecule has 0 saturated heterocycles. The van der Waals surface area contributed by atoms with Gasteiger partial charge in [-0.2, -0.15) is 0 Å². The first-order chi connectivity index (χ1) is 10.5. The molecule has 0 radical (unpaired) electrons. The van der Waals surface area contributed by atoms with E-state index in [1.54, 1.807) is 25.1 Å². The number of aliphatic hydroxyl groups is 1. The summed E-state index contributed by atoms with van der Waals surface area (Å²) in [6, 6.07) is 16.3. The molecule has 0 spiro atoms. The highest BCUT2D eigenvalue weighted by atomic mass is 32.2. The van der Waals surface area contributed by atoms with Crippen LogP contribution in [0.15, 0.2) is 54.6 Å². The first-order valence-electron chi connectivity index (χ1n) is 7.12. The second-order valence-corrected chi connectivity index (χ2v) is 7.47. The van der Waals surface area contributed by atoms with Gasteiger partial charge in [-0.25, -0.2) is 8.42 Å². The van der Waals surface area contributed by atoms with Gasteiger partial charge in [0.15, 0.2) is 9.84 Å². The van der Waals surface area contributed by atoms with Crippen molar-refractivity contribution in [3.8, 4) is 11.5 Å². The maximum Gasteiger partial charge on any atom is 0.154 e. The zero-order valence-corrected chi connectivity index (χ0v) is 13.3. The van der Waals surface area contributed by atoms with Crippen LogP contribution in [0.25, 0.3) is 0 Å². The normalized spacial score (nSPS) is 12.8. The van der Waals surface area contributed by atoms with E-state index in [0.717, 1.165) is 0 Å². The van der Waals surface area contributed by atoms with Gasteiger partial charge >= 0.3 is 0 Å². The number of ether oxygens (including phenoxy) is 1. The van der Waals surface area contributed by atoms with Crippen LogP contribution in [0.1, 0.15) is 12.5 Å². The van der Waals surface area contributed by atoms with E-state index >= 15 is 0 Å². The SMILES string of the molecule is CC(CO)CS(=O)(=O)Cc1ccccc1Oc1ccccc1. The number of benzene rings is 2. The van der Waals surface area contributed by atoms with Crippen LogP contribution in [-0.4, -0.2) is 25.9 Å². The van der Waals surface area contributed by atoms with Gasteiger partial charge in [-0.1, -0.05) is 43.3 Å². The van der Waals surface area contributed by atoms with Gasteiger partial charge in [0, 0.05) is 12.2 Å². The van der Waals surface area contributed by atoms with Gasteiger partial charge in [0.1, 0.15) is 11.5 Å². The van der Waals surface area contributed by atoms with Gasteiger partial charge in [-0.15, -0.1) is 0 Å². The minimum Gasteiger partial charge on any atom is -0.457 e. The fourth-order valence-corrected chi connectivity index (χ4v) is 3.92. The van der Waals surface area contributed by atoms with Gasteiger partial charge in [0.05, 0.1) is 11.5 Å². The summed E-state index contributed by atoms with van der Waals surface area (Å²) in [6.45, 7) is 1.57. The van der Waals surface area contributed by atoms with Crippen LogP contribution < -0.4 is 4.74 Å². The molecular formula is C17H20O4S. The standard InChI is InChI=1S/C17H20O4S/c1-14(11-18)12-22(19,20)13-15-7-5-6-10-17(15)21-16-8-3-2-4-9-16/h2-10,14,18H,11-13H2,1H3. The molecule has 0 aliphatic rings. The number of para-hydroxylation sites is 2. The largest absolute Gasteiger partial charge is 0.457 e. The molecule has 1 N–H and O–H groups in total. The molecule has 0 aliphatic heterocycles. The van der Waals surface area contributed by atoms with Crippen LogP contribution in [0.5, 0.6) is 11.5 Å². The minimum absolute atomic E-state index is 0.0385. The molecule has 0 aliphatic carbocycles. The zero-order valence-electron chi connectivity index (χ0n) is 12.5. The molecule has 0 saturated carbocycles. The Bertz CT molecular complexity index is 696. The highest BCUT2D eigenvalue weighted by Gasteiger charge is 2.18. The summed E-state index contributed by atoms with van der Waals surface area (Å²) in [5, 5.41) is 9.02. The van der Waals surface area contributed by atoms with Crippen LogP contribution in [0.2, 0.25) is 0 Å². The fraction of sp³-hybridized carbons (Fsp3) is 0.294. The van der Waals surface area contributed by atoms with Crippen molar-refractivity contribution < 1.29 is 18.3 Å². The van der Waals surface area contributed by atoms with Gasteiger partial charge in [0.2, 0.25) is 0 Å². The third kappa shape index (κ3) is 4.86. The van der Waals surface area contributed by atoms with E-state index in [9.17, 15) is 8.42 Å². The van der Waals surface area contributed by atoms with Gasteiger partial charge < -0.3 is 9.84 Å². The Morgan fingerprint density at radius 3 is 2.36 bits per heavy atom. The Morgan fingerprint density at radius 2 is 1.68 bits per heavy atom. The van der Waals surface area contributed by atoms with Crippen LogP contribution in [-0.2, 0) is 15.6 Å². The molecule has 2 aromatic rings. The molecule has 4 nitrogen and oxygen atoms in total. The maximum absolute atomic E-state index is 12.2. The predicted octanol–water partition coefficient (Wildman–Crippen LogP) is 3.02. The van der Waals surface area contributed by atoms with Gasteiger partial charge in [-0.3, -0.25) is 0 Å². The summed E-state index contributed by atoms with van der Waals surface area (Å²) in [4.78, 5) is 0. The van der Waals surface area contributed by atoms with Gasteiger partial charge in [-0.05, 0) is 24.1 Å². The Balaban J connectivity index is 2.18. The maximum atomic E-state index is 12.2. The van der Waals surface area contributed by atoms with Crippen LogP contribution in [0, 0.1) is 5.92 Å². The van der Waals surface area contributed by atoms with E-state index < -0.39 is 9.84 Å². The van der Waals surface area contributed by atoms with Crippen molar-refractivity contribution in [2.24, 2.45) is 5.92 Å². The first-order valence-corrected chi connectivity index (χ1v) is 8.94. The molecule has 0 amide bonds. The van der Waals surface area contributed by atoms with Crippen LogP contribution in [0.4, 0.5) is 0 Å². The smallest absolute Gasteiger partial charge is 0.154 e. The summed E-state index contributed by atoms with van der Waals surface area (Å²) in [7, 11) is -3.30. The lowest BCUT2D eigenvalue weighted by Gasteiger charge is -2.13. The highest BCUT2D eigenvalue weighted by molar-refractivity contribution is 7.90. The quantitative estimate of drug-likeness (QED) is 0.852. The third-order valence-corrected chi connectivity index (χ3v) is 5.00. The first kappa shape index (κ1) is 16.5. The lowest BCUT2D eigenvalue weighted by atomic mass is 10.2. The molecule has 0 heterocycles. The molecule has 2 rings (SSSR count). The van der Waals surface area contributed by atoms with Crippen molar-refractivity contribution in [2.45, 2.75) is 12.7 Å². The van der Waals surface area contributed by atoms with Crippen molar-refractivity contribution in [1.29, 1.82) is 0 Å². The predicted molar refractivity (Wildman–Crippen MR) is 86.7 cm³/mol. The highest BCUT2D eigenvalue weighted by Crippen LogP contribution is 2.26. The zero-order chi connectivity index (χ0) is 16.0. The molecule has 22 heavy (non-hydrogen) atoms. The Hall–Kier alpha value is -1.85. The Morgan fingerprint density at radius 1 is 1.05 bits per heavy atom. The number of sulfone groups is 1. The molecule has 118 valence electrons. The fourth-order valence-electron chi connectivity index (χ4n) is 2.12. The Kier molecular flexibility index (Phi) is 5.57. The molecule has 0 bridgehead atoms. The van der Waals surface area contributed by atoms with E-state index in [-0.39, 0.29) is 24.0 Å². The number of rotatable bonds is 7. The molecule has 2 aromatic carbocycles.